The minimum atomic E-state index is -0.994. The lowest BCUT2D eigenvalue weighted by molar-refractivity contribution is -0.136. The molecule has 0 saturated heterocycles. The number of carbonyl (C=O) groups excluding carboxylic acids is 2. The van der Waals surface area contributed by atoms with Gasteiger partial charge >= 0.3 is 11.8 Å². The summed E-state index contributed by atoms with van der Waals surface area (Å²) in [6, 6.07) is 4.19. The van der Waals surface area contributed by atoms with Crippen LogP contribution in [-0.4, -0.2) is 29.1 Å². The van der Waals surface area contributed by atoms with Gasteiger partial charge in [0, 0.05) is 12.2 Å². The molecule has 5 nitrogen and oxygen atoms in total. The zero-order chi connectivity index (χ0) is 15.6. The van der Waals surface area contributed by atoms with E-state index >= 15 is 0 Å². The number of amides is 2. The van der Waals surface area contributed by atoms with Crippen molar-refractivity contribution in [2.45, 2.75) is 32.3 Å². The van der Waals surface area contributed by atoms with Crippen LogP contribution in [-0.2, 0) is 9.59 Å². The largest absolute Gasteiger partial charge is 0.388 e. The Balaban J connectivity index is 1.87. The zero-order valence-corrected chi connectivity index (χ0v) is 12.1. The molecule has 1 unspecified atom stereocenters. The molecule has 0 bridgehead atoms. The lowest BCUT2D eigenvalue weighted by Gasteiger charge is -2.22. The van der Waals surface area contributed by atoms with Crippen LogP contribution in [0.5, 0.6) is 0 Å². The first-order chi connectivity index (χ1) is 9.79. The number of aryl methyl sites for hydroxylation is 1. The summed E-state index contributed by atoms with van der Waals surface area (Å²) in [4.78, 5) is 23.3. The van der Waals surface area contributed by atoms with E-state index < -0.39 is 23.2 Å². The van der Waals surface area contributed by atoms with Gasteiger partial charge in [0.1, 0.15) is 5.82 Å². The van der Waals surface area contributed by atoms with E-state index in [0.29, 0.717) is 5.56 Å². The van der Waals surface area contributed by atoms with E-state index in [9.17, 15) is 19.1 Å². The smallest absolute Gasteiger partial charge is 0.313 e. The maximum Gasteiger partial charge on any atom is 0.313 e. The fraction of sp³-hybridized carbons (Fsp3) is 0.467. The molecule has 114 valence electrons. The normalized spacial score (nSPS) is 17.0. The minimum Gasteiger partial charge on any atom is -0.388 e. The molecule has 2 amide bonds. The van der Waals surface area contributed by atoms with Crippen molar-refractivity contribution in [1.29, 1.82) is 0 Å². The molecule has 1 aromatic rings. The van der Waals surface area contributed by atoms with E-state index in [2.05, 4.69) is 10.6 Å². The van der Waals surface area contributed by atoms with Gasteiger partial charge < -0.3 is 15.7 Å². The van der Waals surface area contributed by atoms with Gasteiger partial charge in [-0.3, -0.25) is 9.59 Å². The molecule has 1 aromatic carbocycles. The van der Waals surface area contributed by atoms with Gasteiger partial charge in [-0.2, -0.15) is 0 Å². The summed E-state index contributed by atoms with van der Waals surface area (Å²) in [6.07, 6.45) is 1.86. The summed E-state index contributed by atoms with van der Waals surface area (Å²) in [5, 5.41) is 14.8. The molecule has 1 aliphatic carbocycles. The summed E-state index contributed by atoms with van der Waals surface area (Å²) < 4.78 is 13.3. The van der Waals surface area contributed by atoms with Gasteiger partial charge in [-0.25, -0.2) is 4.39 Å². The summed E-state index contributed by atoms with van der Waals surface area (Å²) >= 11 is 0. The van der Waals surface area contributed by atoms with Gasteiger partial charge in [-0.05, 0) is 50.3 Å². The quantitative estimate of drug-likeness (QED) is 0.733. The molecule has 3 N–H and O–H groups in total. The van der Waals surface area contributed by atoms with E-state index in [1.54, 1.807) is 13.8 Å². The van der Waals surface area contributed by atoms with Crippen LogP contribution in [0.3, 0.4) is 0 Å². The van der Waals surface area contributed by atoms with Crippen molar-refractivity contribution in [3.63, 3.8) is 0 Å². The Hall–Kier alpha value is -1.95. The molecule has 0 aromatic heterocycles. The first-order valence-corrected chi connectivity index (χ1v) is 6.87. The monoisotopic (exact) mass is 294 g/mol. The number of nitrogens with one attached hydrogen (secondary N) is 2. The predicted octanol–water partition coefficient (Wildman–Crippen LogP) is 1.35. The third-order valence-corrected chi connectivity index (χ3v) is 3.70. The second kappa shape index (κ2) is 5.81. The molecule has 1 atom stereocenters. The van der Waals surface area contributed by atoms with Crippen LogP contribution in [0.2, 0.25) is 0 Å². The molecule has 1 fully saturated rings. The highest BCUT2D eigenvalue weighted by atomic mass is 19.1. The van der Waals surface area contributed by atoms with E-state index in [0.717, 1.165) is 18.9 Å². The number of carbonyl (C=O) groups is 2. The van der Waals surface area contributed by atoms with E-state index in [1.165, 1.54) is 12.1 Å². The molecule has 1 saturated carbocycles. The van der Waals surface area contributed by atoms with Crippen molar-refractivity contribution in [3.8, 4) is 0 Å². The van der Waals surface area contributed by atoms with E-state index in [1.807, 2.05) is 0 Å². The number of hydrogen-bond donors (Lipinski definition) is 3. The van der Waals surface area contributed by atoms with Crippen molar-refractivity contribution in [2.75, 3.05) is 11.9 Å². The zero-order valence-electron chi connectivity index (χ0n) is 12.1. The number of hydrogen-bond acceptors (Lipinski definition) is 3. The second-order valence-corrected chi connectivity index (χ2v) is 5.73. The van der Waals surface area contributed by atoms with Crippen LogP contribution >= 0.6 is 0 Å². The predicted molar refractivity (Wildman–Crippen MR) is 76.1 cm³/mol. The Morgan fingerprint density at radius 1 is 1.38 bits per heavy atom. The van der Waals surface area contributed by atoms with Crippen LogP contribution < -0.4 is 10.6 Å². The van der Waals surface area contributed by atoms with E-state index in [4.69, 9.17) is 0 Å². The topological polar surface area (TPSA) is 78.4 Å². The molecule has 2 rings (SSSR count). The van der Waals surface area contributed by atoms with Crippen LogP contribution in [0.25, 0.3) is 0 Å². The van der Waals surface area contributed by atoms with E-state index in [-0.39, 0.29) is 18.2 Å². The van der Waals surface area contributed by atoms with Crippen LogP contribution in [0.1, 0.15) is 25.3 Å². The molecule has 0 aliphatic heterocycles. The van der Waals surface area contributed by atoms with Crippen LogP contribution in [0, 0.1) is 18.7 Å². The van der Waals surface area contributed by atoms with Gasteiger partial charge in [0.25, 0.3) is 0 Å². The van der Waals surface area contributed by atoms with Crippen molar-refractivity contribution in [2.24, 2.45) is 5.92 Å². The maximum atomic E-state index is 13.3. The highest BCUT2D eigenvalue weighted by Gasteiger charge is 2.40. The van der Waals surface area contributed by atoms with Gasteiger partial charge in [0.2, 0.25) is 0 Å². The number of benzene rings is 1. The summed E-state index contributed by atoms with van der Waals surface area (Å²) in [5.41, 5.74) is -0.323. The lowest BCUT2D eigenvalue weighted by Crippen LogP contribution is -2.45. The number of aliphatic hydroxyl groups is 1. The first-order valence-electron chi connectivity index (χ1n) is 6.87. The van der Waals surface area contributed by atoms with Crippen molar-refractivity contribution >= 4 is 17.5 Å². The average Bonchev–Trinajstić information content (AvgIpc) is 3.25. The van der Waals surface area contributed by atoms with Crippen molar-refractivity contribution in [3.05, 3.63) is 29.6 Å². The molecule has 1 aliphatic rings. The second-order valence-electron chi connectivity index (χ2n) is 5.73. The first kappa shape index (κ1) is 15.4. The van der Waals surface area contributed by atoms with Crippen molar-refractivity contribution < 1.29 is 19.1 Å². The third-order valence-electron chi connectivity index (χ3n) is 3.70. The number of anilines is 1. The highest BCUT2D eigenvalue weighted by Crippen LogP contribution is 2.38. The molecular formula is C15H19FN2O3. The molecule has 6 heteroatoms. The summed E-state index contributed by atoms with van der Waals surface area (Å²) in [5.74, 6) is -2.02. The Labute approximate surface area is 122 Å². The molecule has 0 heterocycles. The average molecular weight is 294 g/mol. The number of halogens is 1. The van der Waals surface area contributed by atoms with Gasteiger partial charge in [0.15, 0.2) is 0 Å². The van der Waals surface area contributed by atoms with Crippen molar-refractivity contribution in [1.82, 2.24) is 5.32 Å². The minimum absolute atomic E-state index is 0.0200. The van der Waals surface area contributed by atoms with Crippen LogP contribution in [0.15, 0.2) is 18.2 Å². The molecule has 0 spiro atoms. The summed E-state index contributed by atoms with van der Waals surface area (Å²) in [6.45, 7) is 3.26. The molecule has 21 heavy (non-hydrogen) atoms. The van der Waals surface area contributed by atoms with Gasteiger partial charge in [-0.1, -0.05) is 6.07 Å². The standard InChI is InChI=1S/C15H19FN2O3/c1-9-3-6-11(7-12(9)16)18-14(20)13(19)17-8-15(2,21)10-4-5-10/h3,6-7,10,21H,4-5,8H2,1-2H3,(H,17,19)(H,18,20). The fourth-order valence-electron chi connectivity index (χ4n) is 2.05. The molecule has 0 radical (unpaired) electrons. The lowest BCUT2D eigenvalue weighted by atomic mass is 10.0. The third kappa shape index (κ3) is 4.01. The fourth-order valence-corrected chi connectivity index (χ4v) is 2.05. The Morgan fingerprint density at radius 2 is 2.05 bits per heavy atom. The maximum absolute atomic E-state index is 13.3. The van der Waals surface area contributed by atoms with Gasteiger partial charge in [0.05, 0.1) is 5.60 Å². The number of rotatable bonds is 4. The van der Waals surface area contributed by atoms with Gasteiger partial charge in [-0.15, -0.1) is 0 Å². The van der Waals surface area contributed by atoms with Crippen LogP contribution in [0.4, 0.5) is 10.1 Å². The SMILES string of the molecule is Cc1ccc(NC(=O)C(=O)NCC(C)(O)C2CC2)cc1F. The molecular weight excluding hydrogens is 275 g/mol. The Bertz CT molecular complexity index is 568. The summed E-state index contributed by atoms with van der Waals surface area (Å²) in [7, 11) is 0. The Morgan fingerprint density at radius 3 is 2.62 bits per heavy atom. The Kier molecular flexibility index (Phi) is 4.27. The highest BCUT2D eigenvalue weighted by molar-refractivity contribution is 6.39.